The molecule has 7 heteroatoms. The molecule has 4 nitrogen and oxygen atoms in total. The van der Waals surface area contributed by atoms with Crippen LogP contribution < -0.4 is 0 Å². The van der Waals surface area contributed by atoms with Crippen molar-refractivity contribution in [1.82, 2.24) is 8.87 Å². The van der Waals surface area contributed by atoms with Gasteiger partial charge in [0.05, 0.1) is 10.3 Å². The summed E-state index contributed by atoms with van der Waals surface area (Å²) >= 11 is 4.55. The smallest absolute Gasteiger partial charge is 0.253 e. The van der Waals surface area contributed by atoms with Crippen LogP contribution in [0.15, 0.2) is 38.5 Å². The van der Waals surface area contributed by atoms with E-state index in [1.807, 2.05) is 18.3 Å². The van der Waals surface area contributed by atoms with Crippen LogP contribution in [0.3, 0.4) is 0 Å². The van der Waals surface area contributed by atoms with Crippen LogP contribution in [0.5, 0.6) is 0 Å². The largest absolute Gasteiger partial charge is 0.349 e. The van der Waals surface area contributed by atoms with Gasteiger partial charge >= 0.3 is 0 Å². The first-order valence-corrected chi connectivity index (χ1v) is 8.52. The molecule has 96 valence electrons. The fourth-order valence-corrected chi connectivity index (χ4v) is 5.63. The second-order valence-electron chi connectivity index (χ2n) is 4.09. The number of hydrogen-bond donors (Lipinski definition) is 0. The van der Waals surface area contributed by atoms with Crippen molar-refractivity contribution in [3.63, 3.8) is 0 Å². The number of thiophene rings is 1. The lowest BCUT2D eigenvalue weighted by molar-refractivity contribution is 0.342. The van der Waals surface area contributed by atoms with Crippen molar-refractivity contribution < 1.29 is 8.42 Å². The molecule has 2 aromatic heterocycles. The Morgan fingerprint density at radius 3 is 2.78 bits per heavy atom. The van der Waals surface area contributed by atoms with Gasteiger partial charge < -0.3 is 4.57 Å². The van der Waals surface area contributed by atoms with Crippen LogP contribution in [0.1, 0.15) is 5.69 Å². The van der Waals surface area contributed by atoms with Crippen LogP contribution in [0, 0.1) is 0 Å². The molecule has 18 heavy (non-hydrogen) atoms. The van der Waals surface area contributed by atoms with Gasteiger partial charge in [-0.25, -0.2) is 8.42 Å². The van der Waals surface area contributed by atoms with Gasteiger partial charge in [0.15, 0.2) is 0 Å². The van der Waals surface area contributed by atoms with Crippen molar-refractivity contribution in [1.29, 1.82) is 0 Å². The van der Waals surface area contributed by atoms with Crippen molar-refractivity contribution in [2.24, 2.45) is 0 Å². The van der Waals surface area contributed by atoms with E-state index < -0.39 is 10.0 Å². The van der Waals surface area contributed by atoms with Gasteiger partial charge in [-0.15, -0.1) is 11.3 Å². The SMILES string of the molecule is O=S(=O)(c1ccc(Br)s1)N1CCn2cccc2C1. The highest BCUT2D eigenvalue weighted by atomic mass is 79.9. The van der Waals surface area contributed by atoms with E-state index in [-0.39, 0.29) is 0 Å². The Kier molecular flexibility index (Phi) is 3.09. The van der Waals surface area contributed by atoms with E-state index in [9.17, 15) is 8.42 Å². The lowest BCUT2D eigenvalue weighted by Gasteiger charge is -2.27. The Hall–Kier alpha value is -0.630. The highest BCUT2D eigenvalue weighted by Crippen LogP contribution is 2.30. The Morgan fingerprint density at radius 1 is 1.22 bits per heavy atom. The van der Waals surface area contributed by atoms with Gasteiger partial charge in [0.1, 0.15) is 4.21 Å². The summed E-state index contributed by atoms with van der Waals surface area (Å²) in [5.74, 6) is 0. The molecule has 0 amide bonds. The summed E-state index contributed by atoms with van der Waals surface area (Å²) in [5.41, 5.74) is 1.04. The lowest BCUT2D eigenvalue weighted by Crippen LogP contribution is -2.37. The Morgan fingerprint density at radius 2 is 2.06 bits per heavy atom. The molecule has 0 saturated carbocycles. The fraction of sp³-hybridized carbons (Fsp3) is 0.273. The van der Waals surface area contributed by atoms with Crippen molar-refractivity contribution in [3.05, 3.63) is 39.9 Å². The van der Waals surface area contributed by atoms with Crippen LogP contribution in [0.2, 0.25) is 0 Å². The first-order valence-electron chi connectivity index (χ1n) is 5.47. The molecule has 0 aliphatic carbocycles. The Balaban J connectivity index is 1.92. The molecule has 0 radical (unpaired) electrons. The van der Waals surface area contributed by atoms with Gasteiger partial charge in [0.25, 0.3) is 10.0 Å². The highest BCUT2D eigenvalue weighted by Gasteiger charge is 2.29. The first kappa shape index (κ1) is 12.4. The van der Waals surface area contributed by atoms with Gasteiger partial charge in [-0.2, -0.15) is 4.31 Å². The topological polar surface area (TPSA) is 42.3 Å². The monoisotopic (exact) mass is 346 g/mol. The van der Waals surface area contributed by atoms with E-state index in [0.717, 1.165) is 9.48 Å². The van der Waals surface area contributed by atoms with E-state index in [1.54, 1.807) is 16.4 Å². The molecule has 1 aliphatic rings. The predicted octanol–water partition coefficient (Wildman–Crippen LogP) is 2.52. The third-order valence-corrected chi connectivity index (χ3v) is 6.93. The molecule has 0 atom stereocenters. The highest BCUT2D eigenvalue weighted by molar-refractivity contribution is 9.11. The van der Waals surface area contributed by atoms with Crippen LogP contribution in [0.4, 0.5) is 0 Å². The van der Waals surface area contributed by atoms with E-state index >= 15 is 0 Å². The second kappa shape index (κ2) is 4.48. The maximum absolute atomic E-state index is 12.4. The molecule has 0 bridgehead atoms. The third kappa shape index (κ3) is 2.05. The zero-order chi connectivity index (χ0) is 12.8. The minimum absolute atomic E-state index is 0.398. The van der Waals surface area contributed by atoms with Crippen LogP contribution in [-0.2, 0) is 23.1 Å². The van der Waals surface area contributed by atoms with Gasteiger partial charge in [-0.1, -0.05) is 0 Å². The molecule has 0 unspecified atom stereocenters. The van der Waals surface area contributed by atoms with Crippen LogP contribution in [0.25, 0.3) is 0 Å². The molecule has 3 heterocycles. The summed E-state index contributed by atoms with van der Waals surface area (Å²) in [4.78, 5) is 0. The molecule has 0 spiro atoms. The average molecular weight is 347 g/mol. The van der Waals surface area contributed by atoms with Crippen LogP contribution in [-0.4, -0.2) is 23.8 Å². The summed E-state index contributed by atoms with van der Waals surface area (Å²) in [6.07, 6.45) is 1.99. The Labute approximate surface area is 118 Å². The molecule has 1 aliphatic heterocycles. The maximum atomic E-state index is 12.4. The summed E-state index contributed by atoms with van der Waals surface area (Å²) in [6, 6.07) is 7.33. The molecule has 0 aromatic carbocycles. The van der Waals surface area contributed by atoms with E-state index in [4.69, 9.17) is 0 Å². The summed E-state index contributed by atoms with van der Waals surface area (Å²) in [6.45, 7) is 1.69. The second-order valence-corrected chi connectivity index (χ2v) is 8.72. The zero-order valence-corrected chi connectivity index (χ0v) is 12.6. The number of fused-ring (bicyclic) bond motifs is 1. The van der Waals surface area contributed by atoms with E-state index in [2.05, 4.69) is 20.5 Å². The van der Waals surface area contributed by atoms with Gasteiger partial charge in [0, 0.05) is 25.0 Å². The molecule has 0 saturated heterocycles. The summed E-state index contributed by atoms with van der Waals surface area (Å²) in [5, 5.41) is 0. The summed E-state index contributed by atoms with van der Waals surface area (Å²) < 4.78 is 29.7. The number of rotatable bonds is 2. The van der Waals surface area contributed by atoms with E-state index in [0.29, 0.717) is 23.8 Å². The number of aromatic nitrogens is 1. The summed E-state index contributed by atoms with van der Waals surface area (Å²) in [7, 11) is -3.35. The fourth-order valence-electron chi connectivity index (χ4n) is 2.06. The van der Waals surface area contributed by atoms with Crippen molar-refractivity contribution in [2.75, 3.05) is 6.54 Å². The van der Waals surface area contributed by atoms with Crippen molar-refractivity contribution >= 4 is 37.3 Å². The molecule has 0 fully saturated rings. The maximum Gasteiger partial charge on any atom is 0.253 e. The normalized spacial score (nSPS) is 16.7. The minimum Gasteiger partial charge on any atom is -0.349 e. The zero-order valence-electron chi connectivity index (χ0n) is 9.41. The van der Waals surface area contributed by atoms with E-state index in [1.165, 1.54) is 11.3 Å². The average Bonchev–Trinajstić information content (AvgIpc) is 2.96. The quantitative estimate of drug-likeness (QED) is 0.838. The number of nitrogens with zero attached hydrogens (tertiary/aromatic N) is 2. The number of halogens is 1. The lowest BCUT2D eigenvalue weighted by atomic mass is 10.3. The molecule has 2 aromatic rings. The number of sulfonamides is 1. The van der Waals surface area contributed by atoms with Crippen molar-refractivity contribution in [2.45, 2.75) is 17.3 Å². The van der Waals surface area contributed by atoms with Gasteiger partial charge in [-0.3, -0.25) is 0 Å². The molecular weight excluding hydrogens is 336 g/mol. The molecule has 0 N–H and O–H groups in total. The van der Waals surface area contributed by atoms with Crippen molar-refractivity contribution in [3.8, 4) is 0 Å². The predicted molar refractivity (Wildman–Crippen MR) is 74.0 cm³/mol. The first-order chi connectivity index (χ1) is 8.57. The van der Waals surface area contributed by atoms with Gasteiger partial charge in [0.2, 0.25) is 0 Å². The Bertz CT molecular complexity index is 675. The molecular formula is C11H11BrN2O2S2. The van der Waals surface area contributed by atoms with Crippen LogP contribution >= 0.6 is 27.3 Å². The standard InChI is InChI=1S/C11H11BrN2O2S2/c12-10-3-4-11(17-10)18(15,16)14-7-6-13-5-1-2-9(13)8-14/h1-5H,6-8H2. The number of hydrogen-bond acceptors (Lipinski definition) is 3. The third-order valence-electron chi connectivity index (χ3n) is 2.99. The molecule has 3 rings (SSSR count). The minimum atomic E-state index is -3.35. The van der Waals surface area contributed by atoms with Gasteiger partial charge in [-0.05, 0) is 40.2 Å².